The van der Waals surface area contributed by atoms with Gasteiger partial charge >= 0.3 is 0 Å². The molecule has 2 N–H and O–H groups in total. The van der Waals surface area contributed by atoms with Gasteiger partial charge in [-0.3, -0.25) is 4.79 Å². The Morgan fingerprint density at radius 1 is 1.37 bits per heavy atom. The normalized spacial score (nSPS) is 10.7. The van der Waals surface area contributed by atoms with Crippen molar-refractivity contribution in [1.82, 2.24) is 15.3 Å². The zero-order chi connectivity index (χ0) is 13.7. The van der Waals surface area contributed by atoms with Crippen LogP contribution < -0.4 is 5.32 Å². The summed E-state index contributed by atoms with van der Waals surface area (Å²) < 4.78 is 0. The first-order valence-corrected chi connectivity index (χ1v) is 7.16. The zero-order valence-corrected chi connectivity index (χ0v) is 11.8. The molecule has 1 aromatic heterocycles. The van der Waals surface area contributed by atoms with Crippen molar-refractivity contribution in [2.45, 2.75) is 25.0 Å². The van der Waals surface area contributed by atoms with Crippen LogP contribution in [0.4, 0.5) is 0 Å². The van der Waals surface area contributed by atoms with Crippen LogP contribution in [-0.2, 0) is 4.79 Å². The monoisotopic (exact) mass is 275 g/mol. The van der Waals surface area contributed by atoms with E-state index in [-0.39, 0.29) is 11.9 Å². The lowest BCUT2D eigenvalue weighted by Crippen LogP contribution is -2.31. The summed E-state index contributed by atoms with van der Waals surface area (Å²) in [5, 5.41) is 3.61. The summed E-state index contributed by atoms with van der Waals surface area (Å²) in [6, 6.07) is 10.2. The number of amides is 1. The quantitative estimate of drug-likeness (QED) is 0.825. The predicted molar refractivity (Wildman–Crippen MR) is 78.0 cm³/mol. The molecule has 4 nitrogen and oxygen atoms in total. The summed E-state index contributed by atoms with van der Waals surface area (Å²) in [6.07, 6.45) is 1.79. The minimum atomic E-state index is 0.0256. The van der Waals surface area contributed by atoms with Crippen molar-refractivity contribution in [3.05, 3.63) is 36.5 Å². The van der Waals surface area contributed by atoms with Crippen molar-refractivity contribution in [2.24, 2.45) is 0 Å². The highest BCUT2D eigenvalue weighted by Gasteiger charge is 2.07. The molecule has 0 aliphatic heterocycles. The van der Waals surface area contributed by atoms with Crippen LogP contribution in [0.5, 0.6) is 0 Å². The fraction of sp³-hybridized carbons (Fsp3) is 0.286. The van der Waals surface area contributed by atoms with Gasteiger partial charge in [-0.15, -0.1) is 0 Å². The number of rotatable bonds is 5. The average molecular weight is 275 g/mol. The molecule has 1 amide bonds. The Balaban J connectivity index is 1.93. The predicted octanol–water partition coefficient (Wildman–Crippen LogP) is 2.69. The van der Waals surface area contributed by atoms with Gasteiger partial charge in [-0.2, -0.15) is 0 Å². The number of aromatic amines is 1. The highest BCUT2D eigenvalue weighted by atomic mass is 32.2. The maximum atomic E-state index is 11.5. The molecule has 0 spiro atoms. The first kappa shape index (κ1) is 13.7. The molecule has 1 aromatic carbocycles. The molecule has 0 bridgehead atoms. The van der Waals surface area contributed by atoms with Crippen molar-refractivity contribution >= 4 is 17.7 Å². The number of imidazole rings is 1. The summed E-state index contributed by atoms with van der Waals surface area (Å²) in [5.41, 5.74) is 2.06. The van der Waals surface area contributed by atoms with Gasteiger partial charge in [-0.25, -0.2) is 4.98 Å². The van der Waals surface area contributed by atoms with E-state index in [2.05, 4.69) is 15.3 Å². The van der Waals surface area contributed by atoms with E-state index in [1.807, 2.05) is 44.2 Å². The fourth-order valence-corrected chi connectivity index (χ4v) is 2.30. The Morgan fingerprint density at radius 3 is 2.79 bits per heavy atom. The highest BCUT2D eigenvalue weighted by Crippen LogP contribution is 2.20. The largest absolute Gasteiger partial charge is 0.353 e. The number of aromatic nitrogens is 2. The minimum absolute atomic E-state index is 0.0256. The topological polar surface area (TPSA) is 57.8 Å². The van der Waals surface area contributed by atoms with Crippen molar-refractivity contribution in [1.29, 1.82) is 0 Å². The van der Waals surface area contributed by atoms with Crippen LogP contribution in [0.2, 0.25) is 0 Å². The van der Waals surface area contributed by atoms with E-state index in [1.54, 1.807) is 6.20 Å². The summed E-state index contributed by atoms with van der Waals surface area (Å²) >= 11 is 1.41. The summed E-state index contributed by atoms with van der Waals surface area (Å²) in [6.45, 7) is 3.89. The molecular formula is C14H17N3OS. The molecule has 0 saturated heterocycles. The molecule has 0 atom stereocenters. The van der Waals surface area contributed by atoms with Crippen molar-refractivity contribution in [3.8, 4) is 11.3 Å². The smallest absolute Gasteiger partial charge is 0.230 e. The average Bonchev–Trinajstić information content (AvgIpc) is 2.85. The number of carbonyl (C=O) groups excluding carboxylic acids is 1. The number of H-pyrrole nitrogens is 1. The summed E-state index contributed by atoms with van der Waals surface area (Å²) in [4.78, 5) is 19.0. The zero-order valence-electron chi connectivity index (χ0n) is 11.0. The molecule has 2 aromatic rings. The fourth-order valence-electron chi connectivity index (χ4n) is 1.64. The molecule has 0 aliphatic rings. The number of nitrogens with zero attached hydrogens (tertiary/aromatic N) is 1. The number of nitrogens with one attached hydrogen (secondary N) is 2. The first-order chi connectivity index (χ1) is 9.15. The molecule has 100 valence electrons. The van der Waals surface area contributed by atoms with E-state index < -0.39 is 0 Å². The highest BCUT2D eigenvalue weighted by molar-refractivity contribution is 7.99. The van der Waals surface area contributed by atoms with Crippen LogP contribution in [0, 0.1) is 0 Å². The van der Waals surface area contributed by atoms with Gasteiger partial charge in [-0.05, 0) is 19.4 Å². The lowest BCUT2D eigenvalue weighted by Gasteiger charge is -2.06. The molecule has 2 rings (SSSR count). The SMILES string of the molecule is CC(C)NC(=O)CSc1ncc(-c2ccccc2)[nH]1. The standard InChI is InChI=1S/C14H17N3OS/c1-10(2)16-13(18)9-19-14-15-8-12(17-14)11-6-4-3-5-7-11/h3-8,10H,9H2,1-2H3,(H,15,17)(H,16,18). The third-order valence-electron chi connectivity index (χ3n) is 2.43. The van der Waals surface area contributed by atoms with Crippen LogP contribution in [0.15, 0.2) is 41.7 Å². The number of benzene rings is 1. The van der Waals surface area contributed by atoms with Gasteiger partial charge in [0.2, 0.25) is 5.91 Å². The second kappa shape index (κ2) is 6.43. The summed E-state index contributed by atoms with van der Waals surface area (Å²) in [7, 11) is 0. The Labute approximate surface area is 117 Å². The van der Waals surface area contributed by atoms with Gasteiger partial charge in [0.25, 0.3) is 0 Å². The van der Waals surface area contributed by atoms with Gasteiger partial charge in [-0.1, -0.05) is 42.1 Å². The molecule has 0 unspecified atom stereocenters. The molecule has 1 heterocycles. The van der Waals surface area contributed by atoms with Crippen LogP contribution in [-0.4, -0.2) is 27.7 Å². The number of hydrogen-bond donors (Lipinski definition) is 2. The van der Waals surface area contributed by atoms with Gasteiger partial charge < -0.3 is 10.3 Å². The Bertz CT molecular complexity index is 537. The van der Waals surface area contributed by atoms with Crippen LogP contribution >= 0.6 is 11.8 Å². The summed E-state index contributed by atoms with van der Waals surface area (Å²) in [5.74, 6) is 0.401. The Morgan fingerprint density at radius 2 is 2.11 bits per heavy atom. The molecule has 19 heavy (non-hydrogen) atoms. The number of thioether (sulfide) groups is 1. The molecule has 5 heteroatoms. The van der Waals surface area contributed by atoms with Crippen molar-refractivity contribution < 1.29 is 4.79 Å². The molecule has 0 radical (unpaired) electrons. The van der Waals surface area contributed by atoms with Gasteiger partial charge in [0.05, 0.1) is 17.6 Å². The molecular weight excluding hydrogens is 258 g/mol. The third-order valence-corrected chi connectivity index (χ3v) is 3.31. The van der Waals surface area contributed by atoms with Crippen LogP contribution in [0.3, 0.4) is 0 Å². The van der Waals surface area contributed by atoms with Gasteiger partial charge in [0.15, 0.2) is 5.16 Å². The second-order valence-electron chi connectivity index (χ2n) is 4.48. The van der Waals surface area contributed by atoms with Crippen molar-refractivity contribution in [3.63, 3.8) is 0 Å². The lowest BCUT2D eigenvalue weighted by molar-refractivity contribution is -0.119. The van der Waals surface area contributed by atoms with Crippen LogP contribution in [0.25, 0.3) is 11.3 Å². The van der Waals surface area contributed by atoms with Gasteiger partial charge in [0, 0.05) is 6.04 Å². The second-order valence-corrected chi connectivity index (χ2v) is 5.44. The number of carbonyl (C=O) groups is 1. The van der Waals surface area contributed by atoms with E-state index in [0.29, 0.717) is 5.75 Å². The van der Waals surface area contributed by atoms with Gasteiger partial charge in [0.1, 0.15) is 0 Å². The van der Waals surface area contributed by atoms with E-state index in [1.165, 1.54) is 11.8 Å². The molecule has 0 aliphatic carbocycles. The number of hydrogen-bond acceptors (Lipinski definition) is 3. The maximum Gasteiger partial charge on any atom is 0.230 e. The van der Waals surface area contributed by atoms with Crippen LogP contribution in [0.1, 0.15) is 13.8 Å². The first-order valence-electron chi connectivity index (χ1n) is 6.18. The van der Waals surface area contributed by atoms with E-state index in [9.17, 15) is 4.79 Å². The molecule has 0 saturated carbocycles. The Kier molecular flexibility index (Phi) is 4.63. The maximum absolute atomic E-state index is 11.5. The van der Waals surface area contributed by atoms with E-state index in [4.69, 9.17) is 0 Å². The third kappa shape index (κ3) is 4.13. The lowest BCUT2D eigenvalue weighted by atomic mass is 10.2. The molecule has 0 fully saturated rings. The van der Waals surface area contributed by atoms with E-state index in [0.717, 1.165) is 16.4 Å². The Hall–Kier alpha value is -1.75. The minimum Gasteiger partial charge on any atom is -0.353 e. The van der Waals surface area contributed by atoms with Crippen molar-refractivity contribution in [2.75, 3.05) is 5.75 Å². The van der Waals surface area contributed by atoms with E-state index >= 15 is 0 Å².